The van der Waals surface area contributed by atoms with Crippen molar-refractivity contribution in [2.75, 3.05) is 0 Å². The Morgan fingerprint density at radius 3 is 1.54 bits per heavy atom. The molecule has 0 heteroatoms. The molecule has 362 valence electrons. The van der Waals surface area contributed by atoms with Crippen LogP contribution in [0, 0.1) is 27.7 Å². The van der Waals surface area contributed by atoms with Gasteiger partial charge >= 0.3 is 0 Å². The molecular formula is C69H86. The molecule has 0 atom stereocenters. The molecular weight excluding hydrogens is 829 g/mol. The van der Waals surface area contributed by atoms with E-state index in [-0.39, 0.29) is 5.41 Å². The van der Waals surface area contributed by atoms with Crippen molar-refractivity contribution >= 4 is 5.57 Å². The largest absolute Gasteiger partial charge is 0.0836 e. The first-order valence-corrected chi connectivity index (χ1v) is 25.9. The molecule has 0 aliphatic heterocycles. The first kappa shape index (κ1) is 57.1. The van der Waals surface area contributed by atoms with E-state index < -0.39 is 0 Å². The summed E-state index contributed by atoms with van der Waals surface area (Å²) in [5, 5.41) is 0. The zero-order chi connectivity index (χ0) is 50.8. The summed E-state index contributed by atoms with van der Waals surface area (Å²) < 4.78 is 0. The molecule has 0 amide bonds. The highest BCUT2D eigenvalue weighted by molar-refractivity contribution is 5.86. The van der Waals surface area contributed by atoms with Crippen LogP contribution in [0.25, 0.3) is 27.8 Å². The van der Waals surface area contributed by atoms with E-state index >= 15 is 0 Å². The van der Waals surface area contributed by atoms with E-state index in [1.165, 1.54) is 115 Å². The Morgan fingerprint density at radius 1 is 0.493 bits per heavy atom. The maximum atomic E-state index is 2.37. The summed E-state index contributed by atoms with van der Waals surface area (Å²) in [6.45, 7) is 31.9. The summed E-state index contributed by atoms with van der Waals surface area (Å²) in [7, 11) is 0. The lowest BCUT2D eigenvalue weighted by atomic mass is 9.78. The molecule has 0 bridgehead atoms. The van der Waals surface area contributed by atoms with Gasteiger partial charge < -0.3 is 0 Å². The highest BCUT2D eigenvalue weighted by atomic mass is 14.4. The maximum Gasteiger partial charge on any atom is 0.0121 e. The van der Waals surface area contributed by atoms with Crippen LogP contribution in [0.15, 0.2) is 216 Å². The summed E-state index contributed by atoms with van der Waals surface area (Å²) in [5.74, 6) is 0. The summed E-state index contributed by atoms with van der Waals surface area (Å²) in [6, 6.07) is 53.8. The lowest BCUT2D eigenvalue weighted by Crippen LogP contribution is -2.17. The van der Waals surface area contributed by atoms with E-state index in [2.05, 4.69) is 226 Å². The number of benzene rings is 6. The van der Waals surface area contributed by atoms with Crippen molar-refractivity contribution in [1.82, 2.24) is 0 Å². The van der Waals surface area contributed by atoms with Gasteiger partial charge in [0.1, 0.15) is 0 Å². The van der Waals surface area contributed by atoms with Gasteiger partial charge in [-0.1, -0.05) is 282 Å². The van der Waals surface area contributed by atoms with Crippen LogP contribution in [-0.2, 0) is 11.8 Å². The fourth-order valence-electron chi connectivity index (χ4n) is 8.61. The number of aryl methyl sites for hydroxylation is 4. The number of fused-ring (bicyclic) bond motifs is 2. The Bertz CT molecular complexity index is 2610. The summed E-state index contributed by atoms with van der Waals surface area (Å²) in [6.07, 6.45) is 19.6. The third-order valence-electron chi connectivity index (χ3n) is 12.4. The normalized spacial score (nSPS) is 13.4. The minimum Gasteiger partial charge on any atom is -0.0836 e. The second-order valence-corrected chi connectivity index (χ2v) is 18.1. The second-order valence-electron chi connectivity index (χ2n) is 18.1. The topological polar surface area (TPSA) is 0 Å². The van der Waals surface area contributed by atoms with Crippen molar-refractivity contribution in [3.8, 4) is 22.3 Å². The Labute approximate surface area is 422 Å². The molecule has 69 heavy (non-hydrogen) atoms. The van der Waals surface area contributed by atoms with Crippen molar-refractivity contribution in [2.24, 2.45) is 0 Å². The highest BCUT2D eigenvalue weighted by Gasteiger charge is 2.37. The fourth-order valence-corrected chi connectivity index (χ4v) is 8.61. The molecule has 3 aliphatic rings. The first-order valence-electron chi connectivity index (χ1n) is 25.9. The Hall–Kier alpha value is -6.24. The molecule has 3 aliphatic carbocycles. The molecule has 0 spiro atoms. The van der Waals surface area contributed by atoms with Crippen molar-refractivity contribution in [1.29, 1.82) is 0 Å². The molecule has 0 aromatic heterocycles. The van der Waals surface area contributed by atoms with Gasteiger partial charge in [-0.25, -0.2) is 0 Å². The number of rotatable bonds is 6. The Balaban J connectivity index is 0.000000255. The van der Waals surface area contributed by atoms with Gasteiger partial charge in [-0.15, -0.1) is 0 Å². The van der Waals surface area contributed by atoms with Gasteiger partial charge in [-0.05, 0) is 136 Å². The average molecular weight is 915 g/mol. The first-order chi connectivity index (χ1) is 33.4. The van der Waals surface area contributed by atoms with E-state index in [0.29, 0.717) is 0 Å². The molecule has 0 saturated heterocycles. The van der Waals surface area contributed by atoms with E-state index in [1.54, 1.807) is 5.57 Å². The lowest BCUT2D eigenvalue weighted by molar-refractivity contribution is 0.607. The van der Waals surface area contributed by atoms with Crippen LogP contribution in [-0.4, -0.2) is 0 Å². The molecule has 0 heterocycles. The van der Waals surface area contributed by atoms with E-state index in [0.717, 1.165) is 6.42 Å². The third kappa shape index (κ3) is 17.3. The highest BCUT2D eigenvalue weighted by Crippen LogP contribution is 2.50. The predicted octanol–water partition coefficient (Wildman–Crippen LogP) is 20.9. The summed E-state index contributed by atoms with van der Waals surface area (Å²) in [4.78, 5) is 0. The van der Waals surface area contributed by atoms with Crippen LogP contribution in [0.4, 0.5) is 0 Å². The Morgan fingerprint density at radius 2 is 0.986 bits per heavy atom. The second kappa shape index (κ2) is 30.3. The molecule has 9 rings (SSSR count). The van der Waals surface area contributed by atoms with E-state index in [9.17, 15) is 0 Å². The van der Waals surface area contributed by atoms with Gasteiger partial charge in [-0.3, -0.25) is 0 Å². The molecule has 0 nitrogen and oxygen atoms in total. The minimum absolute atomic E-state index is 0.238. The summed E-state index contributed by atoms with van der Waals surface area (Å²) in [5.41, 5.74) is 23.8. The molecule has 0 unspecified atom stereocenters. The van der Waals surface area contributed by atoms with Gasteiger partial charge in [0, 0.05) is 5.41 Å². The SMILES string of the molecule is CC.CC.CC.CC(C)=C(/C=C\Cc1cccc(-c2ccc(C)cc2)c1)C1=C(C)CCC=C1.Cc1ccc(-c2ccccc2)cc1.Cc1ccc2c(c1)C(C)(C)C1=C2C=CCC1.Cc1ccccc1. The molecule has 0 radical (unpaired) electrons. The quantitative estimate of drug-likeness (QED) is 0.146. The Kier molecular flexibility index (Phi) is 25.1. The lowest BCUT2D eigenvalue weighted by Gasteiger charge is -2.25. The van der Waals surface area contributed by atoms with Gasteiger partial charge in [-0.2, -0.15) is 0 Å². The van der Waals surface area contributed by atoms with Crippen LogP contribution >= 0.6 is 0 Å². The van der Waals surface area contributed by atoms with Crippen LogP contribution in [0.3, 0.4) is 0 Å². The minimum atomic E-state index is 0.238. The smallest absolute Gasteiger partial charge is 0.0121 e. The number of hydrogen-bond donors (Lipinski definition) is 0. The molecule has 6 aromatic carbocycles. The standard InChI is InChI=1S/C27H30.C16H18.C13H12.C7H8.3C2H6/c1-20(2)26(27-13-6-5-9-22(27)4)14-8-11-23-10-7-12-25(19-23)24-17-15-21(3)16-18-24;1-11-8-9-13-12-6-4-5-7-14(12)16(2,3)15(13)10-11;1-11-7-9-13(10-8-11)12-5-3-2-4-6-12;1-7-5-3-2-4-6-7;3*1-2/h6-8,10,12-19H,5,9,11H2,1-4H3;4,6,8-10H,5,7H2,1-3H3;2-10H,1H3;2-6H,1H3;3*1-2H3/b14-8-;;;;;;. The number of hydrogen-bond acceptors (Lipinski definition) is 0. The van der Waals surface area contributed by atoms with Gasteiger partial charge in [0.05, 0.1) is 0 Å². The third-order valence-corrected chi connectivity index (χ3v) is 12.4. The van der Waals surface area contributed by atoms with Crippen molar-refractivity contribution in [3.63, 3.8) is 0 Å². The van der Waals surface area contributed by atoms with Gasteiger partial charge in [0.25, 0.3) is 0 Å². The molecule has 0 saturated carbocycles. The predicted molar refractivity (Wildman–Crippen MR) is 310 cm³/mol. The van der Waals surface area contributed by atoms with Crippen molar-refractivity contribution in [3.05, 3.63) is 255 Å². The molecule has 0 fully saturated rings. The molecule has 6 aromatic rings. The number of allylic oxidation sites excluding steroid dienone is 12. The maximum absolute atomic E-state index is 2.37. The zero-order valence-corrected chi connectivity index (χ0v) is 45.4. The van der Waals surface area contributed by atoms with Crippen LogP contribution < -0.4 is 0 Å². The van der Waals surface area contributed by atoms with E-state index in [1.807, 2.05) is 65.8 Å². The zero-order valence-electron chi connectivity index (χ0n) is 45.4. The average Bonchev–Trinajstić information content (AvgIpc) is 3.61. The van der Waals surface area contributed by atoms with Gasteiger partial charge in [0.15, 0.2) is 0 Å². The summed E-state index contributed by atoms with van der Waals surface area (Å²) >= 11 is 0. The fraction of sp³-hybridized carbons (Fsp3) is 0.304. The van der Waals surface area contributed by atoms with Crippen LogP contribution in [0.1, 0.15) is 141 Å². The van der Waals surface area contributed by atoms with Crippen molar-refractivity contribution < 1.29 is 0 Å². The molecule has 0 N–H and O–H groups in total. The van der Waals surface area contributed by atoms with E-state index in [4.69, 9.17) is 0 Å². The van der Waals surface area contributed by atoms with Gasteiger partial charge in [0.2, 0.25) is 0 Å². The van der Waals surface area contributed by atoms with Crippen molar-refractivity contribution in [2.45, 2.75) is 141 Å². The monoisotopic (exact) mass is 915 g/mol. The van der Waals surface area contributed by atoms with Crippen LogP contribution in [0.2, 0.25) is 0 Å². The van der Waals surface area contributed by atoms with Crippen LogP contribution in [0.5, 0.6) is 0 Å².